The first kappa shape index (κ1) is 11.4. The molecule has 16 heavy (non-hydrogen) atoms. The molecule has 0 N–H and O–H groups in total. The topological polar surface area (TPSA) is 52.6 Å². The van der Waals surface area contributed by atoms with E-state index in [9.17, 15) is 9.59 Å². The first-order valence-electron chi connectivity index (χ1n) is 5.73. The summed E-state index contributed by atoms with van der Waals surface area (Å²) in [7, 11) is 0. The molecule has 0 heterocycles. The Bertz CT molecular complexity index is 303. The van der Waals surface area contributed by atoms with Gasteiger partial charge < -0.3 is 9.47 Å². The lowest BCUT2D eigenvalue weighted by atomic mass is 9.51. The lowest BCUT2D eigenvalue weighted by Gasteiger charge is -2.55. The van der Waals surface area contributed by atoms with Crippen molar-refractivity contribution in [1.82, 2.24) is 0 Å². The van der Waals surface area contributed by atoms with Gasteiger partial charge in [-0.15, -0.1) is 0 Å². The minimum atomic E-state index is -0.0826. The molecular formula is C12H18O4. The predicted octanol–water partition coefficient (Wildman–Crippen LogP) is 1.53. The maximum absolute atomic E-state index is 10.4. The average Bonchev–Trinajstić information content (AvgIpc) is 2.72. The van der Waals surface area contributed by atoms with Crippen LogP contribution < -0.4 is 0 Å². The monoisotopic (exact) mass is 226 g/mol. The van der Waals surface area contributed by atoms with Crippen molar-refractivity contribution in [1.29, 1.82) is 0 Å². The molecule has 2 unspecified atom stereocenters. The van der Waals surface area contributed by atoms with Gasteiger partial charge in [0.2, 0.25) is 0 Å². The summed E-state index contributed by atoms with van der Waals surface area (Å²) in [5, 5.41) is 0. The highest BCUT2D eigenvalue weighted by molar-refractivity contribution is 5.39. The highest BCUT2D eigenvalue weighted by Gasteiger charge is 2.68. The molecule has 3 saturated carbocycles. The van der Waals surface area contributed by atoms with Crippen LogP contribution in [0.1, 0.15) is 33.1 Å². The van der Waals surface area contributed by atoms with Crippen molar-refractivity contribution in [2.45, 2.75) is 39.2 Å². The van der Waals surface area contributed by atoms with Crippen LogP contribution in [0.2, 0.25) is 0 Å². The van der Waals surface area contributed by atoms with Gasteiger partial charge in [-0.05, 0) is 31.6 Å². The van der Waals surface area contributed by atoms with Crippen LogP contribution in [0.4, 0.5) is 0 Å². The summed E-state index contributed by atoms with van der Waals surface area (Å²) in [5.74, 6) is 0.333. The summed E-state index contributed by atoms with van der Waals surface area (Å²) in [6.45, 7) is 5.63. The van der Waals surface area contributed by atoms with Crippen LogP contribution in [-0.4, -0.2) is 25.7 Å². The Morgan fingerprint density at radius 2 is 2.12 bits per heavy atom. The van der Waals surface area contributed by atoms with Crippen molar-refractivity contribution < 1.29 is 19.1 Å². The highest BCUT2D eigenvalue weighted by Crippen LogP contribution is 2.72. The molecule has 4 nitrogen and oxygen atoms in total. The molecule has 3 rings (SSSR count). The van der Waals surface area contributed by atoms with E-state index in [1.165, 1.54) is 0 Å². The van der Waals surface area contributed by atoms with Crippen LogP contribution >= 0.6 is 0 Å². The van der Waals surface area contributed by atoms with Crippen LogP contribution in [0.5, 0.6) is 0 Å². The zero-order chi connectivity index (χ0) is 11.8. The quantitative estimate of drug-likeness (QED) is 0.644. The molecule has 2 bridgehead atoms. The number of hydrogen-bond donors (Lipinski definition) is 0. The van der Waals surface area contributed by atoms with Gasteiger partial charge in [0.05, 0.1) is 6.61 Å². The third kappa shape index (κ3) is 1.35. The summed E-state index contributed by atoms with van der Waals surface area (Å²) < 4.78 is 10.0. The Kier molecular flexibility index (Phi) is 2.68. The fourth-order valence-corrected chi connectivity index (χ4v) is 3.96. The summed E-state index contributed by atoms with van der Waals surface area (Å²) in [6.07, 6.45) is 3.18. The summed E-state index contributed by atoms with van der Waals surface area (Å²) in [6, 6.07) is 0. The van der Waals surface area contributed by atoms with Gasteiger partial charge in [-0.3, -0.25) is 9.59 Å². The maximum Gasteiger partial charge on any atom is 0.293 e. The lowest BCUT2D eigenvalue weighted by molar-refractivity contribution is -0.172. The summed E-state index contributed by atoms with van der Waals surface area (Å²) >= 11 is 0. The molecule has 0 spiro atoms. The second-order valence-corrected chi connectivity index (χ2v) is 5.42. The number of fused-ring (bicyclic) bond motifs is 1. The molecule has 3 aliphatic carbocycles. The Hall–Kier alpha value is -1.06. The number of ether oxygens (including phenoxy) is 2. The van der Waals surface area contributed by atoms with E-state index in [2.05, 4.69) is 6.92 Å². The summed E-state index contributed by atoms with van der Waals surface area (Å²) in [5.41, 5.74) is 0.308. The van der Waals surface area contributed by atoms with Gasteiger partial charge in [-0.1, -0.05) is 6.92 Å². The Balaban J connectivity index is 2.09. The highest BCUT2D eigenvalue weighted by atomic mass is 16.5. The Labute approximate surface area is 95.3 Å². The second-order valence-electron chi connectivity index (χ2n) is 5.42. The molecule has 4 heteroatoms. The van der Waals surface area contributed by atoms with E-state index in [0.29, 0.717) is 25.5 Å². The van der Waals surface area contributed by atoms with E-state index in [0.717, 1.165) is 19.3 Å². The zero-order valence-corrected chi connectivity index (χ0v) is 9.77. The van der Waals surface area contributed by atoms with E-state index in [-0.39, 0.29) is 16.9 Å². The van der Waals surface area contributed by atoms with E-state index in [4.69, 9.17) is 9.47 Å². The Morgan fingerprint density at radius 1 is 1.38 bits per heavy atom. The Morgan fingerprint density at radius 3 is 2.69 bits per heavy atom. The molecular weight excluding hydrogens is 208 g/mol. The molecule has 0 radical (unpaired) electrons. The van der Waals surface area contributed by atoms with Crippen molar-refractivity contribution in [3.63, 3.8) is 0 Å². The summed E-state index contributed by atoms with van der Waals surface area (Å²) in [4.78, 5) is 20.7. The van der Waals surface area contributed by atoms with E-state index >= 15 is 0 Å². The van der Waals surface area contributed by atoms with Gasteiger partial charge >= 0.3 is 0 Å². The second kappa shape index (κ2) is 3.75. The number of rotatable bonds is 6. The molecule has 0 aromatic heterocycles. The van der Waals surface area contributed by atoms with Crippen LogP contribution in [0.3, 0.4) is 0 Å². The van der Waals surface area contributed by atoms with Crippen LogP contribution in [0, 0.1) is 16.7 Å². The van der Waals surface area contributed by atoms with Crippen molar-refractivity contribution in [3.8, 4) is 0 Å². The molecule has 0 amide bonds. The lowest BCUT2D eigenvalue weighted by Crippen LogP contribution is -2.55. The fraction of sp³-hybridized carbons (Fsp3) is 0.833. The van der Waals surface area contributed by atoms with Crippen molar-refractivity contribution in [2.24, 2.45) is 16.7 Å². The smallest absolute Gasteiger partial charge is 0.293 e. The molecule has 0 aliphatic heterocycles. The number of carbonyl (C=O) groups excluding carboxylic acids is 2. The van der Waals surface area contributed by atoms with Gasteiger partial charge in [0.1, 0.15) is 6.10 Å². The van der Waals surface area contributed by atoms with Crippen LogP contribution in [0.15, 0.2) is 0 Å². The van der Waals surface area contributed by atoms with Gasteiger partial charge in [-0.25, -0.2) is 0 Å². The first-order chi connectivity index (χ1) is 7.59. The standard InChI is InChI=1S/C12H18O4/c1-9(16-8-14)12-4-3-11(2,6-12)10(12)5-15-7-13/h7-10H,3-6H2,1-2H3/t9-,10+,11?,12?/m1/s1. The molecule has 4 atom stereocenters. The third-order valence-electron chi connectivity index (χ3n) is 4.83. The van der Waals surface area contributed by atoms with Crippen LogP contribution in [-0.2, 0) is 19.1 Å². The van der Waals surface area contributed by atoms with Gasteiger partial charge in [-0.2, -0.15) is 0 Å². The fourth-order valence-electron chi connectivity index (χ4n) is 3.96. The van der Waals surface area contributed by atoms with Gasteiger partial charge in [0.15, 0.2) is 0 Å². The third-order valence-corrected chi connectivity index (χ3v) is 4.83. The molecule has 0 aromatic rings. The zero-order valence-electron chi connectivity index (χ0n) is 9.77. The number of carbonyl (C=O) groups is 2. The predicted molar refractivity (Wildman–Crippen MR) is 56.5 cm³/mol. The van der Waals surface area contributed by atoms with Gasteiger partial charge in [0, 0.05) is 11.3 Å². The minimum Gasteiger partial charge on any atom is -0.468 e. The van der Waals surface area contributed by atoms with Gasteiger partial charge in [0.25, 0.3) is 12.9 Å². The molecule has 3 fully saturated rings. The largest absolute Gasteiger partial charge is 0.468 e. The van der Waals surface area contributed by atoms with Crippen molar-refractivity contribution in [2.75, 3.05) is 6.61 Å². The normalized spacial score (nSPS) is 42.0. The molecule has 90 valence electrons. The number of hydrogen-bond acceptors (Lipinski definition) is 4. The average molecular weight is 226 g/mol. The van der Waals surface area contributed by atoms with Crippen molar-refractivity contribution >= 4 is 12.9 Å². The van der Waals surface area contributed by atoms with E-state index < -0.39 is 0 Å². The maximum atomic E-state index is 10.4. The van der Waals surface area contributed by atoms with Crippen LogP contribution in [0.25, 0.3) is 0 Å². The molecule has 0 aromatic carbocycles. The molecule has 0 saturated heterocycles. The first-order valence-corrected chi connectivity index (χ1v) is 5.73. The van der Waals surface area contributed by atoms with Crippen molar-refractivity contribution in [3.05, 3.63) is 0 Å². The SMILES string of the molecule is C[C@@H](OC=O)C12CCC(C)(C1)[C@@H]2COC=O. The molecule has 3 aliphatic rings. The van der Waals surface area contributed by atoms with E-state index in [1.807, 2.05) is 6.92 Å². The minimum absolute atomic E-state index is 0.0403. The van der Waals surface area contributed by atoms with E-state index in [1.54, 1.807) is 0 Å².